The van der Waals surface area contributed by atoms with E-state index in [-0.39, 0.29) is 12.2 Å². The van der Waals surface area contributed by atoms with E-state index >= 15 is 0 Å². The molecule has 2 fully saturated rings. The van der Waals surface area contributed by atoms with Gasteiger partial charge in [0.15, 0.2) is 0 Å². The lowest BCUT2D eigenvalue weighted by Crippen LogP contribution is -2.57. The number of carboxylic acid groups (broad SMARTS) is 1. The molecule has 2 saturated heterocycles. The van der Waals surface area contributed by atoms with Crippen LogP contribution in [0.3, 0.4) is 0 Å². The number of hydrogen-bond donors (Lipinski definition) is 4. The number of H-pyrrole nitrogens is 1. The Morgan fingerprint density at radius 3 is 2.41 bits per heavy atom. The topological polar surface area (TPSA) is 123 Å². The Bertz CT molecular complexity index is 1570. The molecule has 9 heteroatoms. The summed E-state index contributed by atoms with van der Waals surface area (Å²) in [5, 5.41) is 25.3. The largest absolute Gasteiger partial charge is 0.508 e. The summed E-state index contributed by atoms with van der Waals surface area (Å²) in [5.41, 5.74) is 0.507. The van der Waals surface area contributed by atoms with Gasteiger partial charge in [-0.25, -0.2) is 4.90 Å². The highest BCUT2D eigenvalue weighted by Crippen LogP contribution is 2.52. The molecule has 0 saturated carbocycles. The van der Waals surface area contributed by atoms with Crippen LogP contribution in [0.4, 0.5) is 5.69 Å². The predicted octanol–water partition coefficient (Wildman–Crippen LogP) is 4.15. The minimum atomic E-state index is -1.79. The Labute approximate surface area is 220 Å². The minimum Gasteiger partial charge on any atom is -0.508 e. The van der Waals surface area contributed by atoms with Crippen molar-refractivity contribution in [2.75, 3.05) is 4.90 Å². The lowest BCUT2D eigenvalue weighted by Gasteiger charge is -2.31. The van der Waals surface area contributed by atoms with Gasteiger partial charge >= 0.3 is 5.97 Å². The standard InChI is InChI=1S/C28H22BrN3O5/c29-16-9-11-17(12-10-16)32-25(34)22-23(26(32)35)28(27(36)37,31-24(22)19-6-2-4-8-21(19)33)13-15-14-30-20-7-3-1-5-18(15)20/h1-12,14,22-24,30-31,33H,13H2,(H,36,37)/t22-,23-,24-,28+/m1/s1. The molecular weight excluding hydrogens is 538 g/mol. The van der Waals surface area contributed by atoms with Crippen LogP contribution < -0.4 is 10.2 Å². The number of carboxylic acids is 1. The highest BCUT2D eigenvalue weighted by atomic mass is 79.9. The molecule has 6 rings (SSSR count). The van der Waals surface area contributed by atoms with Gasteiger partial charge in [-0.05, 0) is 42.0 Å². The fraction of sp³-hybridized carbons (Fsp3) is 0.179. The number of nitrogens with zero attached hydrogens (tertiary/aromatic N) is 1. The van der Waals surface area contributed by atoms with Gasteiger partial charge in [-0.3, -0.25) is 19.7 Å². The van der Waals surface area contributed by atoms with Crippen molar-refractivity contribution in [3.8, 4) is 5.75 Å². The number of imide groups is 1. The number of aliphatic carboxylic acids is 1. The second-order valence-electron chi connectivity index (χ2n) is 9.49. The Hall–Kier alpha value is -3.95. The number of benzene rings is 3. The monoisotopic (exact) mass is 559 g/mol. The first-order valence-electron chi connectivity index (χ1n) is 11.8. The number of nitrogens with one attached hydrogen (secondary N) is 2. The van der Waals surface area contributed by atoms with Crippen molar-refractivity contribution in [2.24, 2.45) is 11.8 Å². The molecule has 0 bridgehead atoms. The van der Waals surface area contributed by atoms with E-state index in [1.807, 2.05) is 24.3 Å². The Morgan fingerprint density at radius 2 is 1.68 bits per heavy atom. The summed E-state index contributed by atoms with van der Waals surface area (Å²) < 4.78 is 0.781. The quantitative estimate of drug-likeness (QED) is 0.272. The van der Waals surface area contributed by atoms with E-state index in [0.29, 0.717) is 16.8 Å². The van der Waals surface area contributed by atoms with Gasteiger partial charge in [0, 0.05) is 39.6 Å². The molecule has 186 valence electrons. The number of phenolic OH excluding ortho intramolecular Hbond substituents is 1. The number of fused-ring (bicyclic) bond motifs is 2. The van der Waals surface area contributed by atoms with Crippen LogP contribution in [-0.4, -0.2) is 38.5 Å². The van der Waals surface area contributed by atoms with Crippen LogP contribution in [0, 0.1) is 11.8 Å². The molecule has 8 nitrogen and oxygen atoms in total. The molecule has 2 aliphatic rings. The third-order valence-electron chi connectivity index (χ3n) is 7.54. The van der Waals surface area contributed by atoms with Gasteiger partial charge in [0.05, 0.1) is 17.5 Å². The maximum absolute atomic E-state index is 14.0. The Morgan fingerprint density at radius 1 is 0.973 bits per heavy atom. The normalized spacial score (nSPS) is 25.1. The van der Waals surface area contributed by atoms with Crippen LogP contribution in [0.25, 0.3) is 10.9 Å². The van der Waals surface area contributed by atoms with Crippen molar-refractivity contribution in [3.63, 3.8) is 0 Å². The maximum atomic E-state index is 14.0. The van der Waals surface area contributed by atoms with E-state index in [9.17, 15) is 24.6 Å². The number of amides is 2. The highest BCUT2D eigenvalue weighted by molar-refractivity contribution is 9.10. The number of aromatic amines is 1. The van der Waals surface area contributed by atoms with Gasteiger partial charge in [-0.15, -0.1) is 0 Å². The average molecular weight is 560 g/mol. The molecule has 0 radical (unpaired) electrons. The van der Waals surface area contributed by atoms with Crippen LogP contribution in [0.15, 0.2) is 83.5 Å². The van der Waals surface area contributed by atoms with E-state index in [4.69, 9.17) is 0 Å². The van der Waals surface area contributed by atoms with E-state index in [1.165, 1.54) is 6.07 Å². The van der Waals surface area contributed by atoms with Crippen molar-refractivity contribution >= 4 is 50.3 Å². The summed E-state index contributed by atoms with van der Waals surface area (Å²) in [6, 6.07) is 19.9. The highest BCUT2D eigenvalue weighted by Gasteiger charge is 2.69. The number of carbonyl (C=O) groups is 3. The van der Waals surface area contributed by atoms with Crippen molar-refractivity contribution in [2.45, 2.75) is 18.0 Å². The number of carbonyl (C=O) groups excluding carboxylic acids is 2. The number of hydrogen-bond acceptors (Lipinski definition) is 5. The van der Waals surface area contributed by atoms with E-state index in [1.54, 1.807) is 48.7 Å². The Balaban J connectivity index is 1.52. The van der Waals surface area contributed by atoms with Crippen LogP contribution >= 0.6 is 15.9 Å². The molecule has 2 aliphatic heterocycles. The fourth-order valence-corrected chi connectivity index (χ4v) is 6.14. The molecule has 4 N–H and O–H groups in total. The number of para-hydroxylation sites is 2. The minimum absolute atomic E-state index is 0.0369. The summed E-state index contributed by atoms with van der Waals surface area (Å²) >= 11 is 3.36. The SMILES string of the molecule is O=C1[C@H]2[C@@H](c3ccccc3O)N[C@](Cc3c[nH]c4ccccc34)(C(=O)O)[C@H]2C(=O)N1c1ccc(Br)cc1. The van der Waals surface area contributed by atoms with E-state index in [2.05, 4.69) is 26.2 Å². The number of anilines is 1. The van der Waals surface area contributed by atoms with Crippen LogP contribution in [0.1, 0.15) is 17.2 Å². The van der Waals surface area contributed by atoms with Gasteiger partial charge in [-0.1, -0.05) is 52.3 Å². The zero-order chi connectivity index (χ0) is 25.9. The number of aromatic nitrogens is 1. The smallest absolute Gasteiger partial charge is 0.325 e. The van der Waals surface area contributed by atoms with E-state index < -0.39 is 41.2 Å². The van der Waals surface area contributed by atoms with Gasteiger partial charge in [0.1, 0.15) is 11.3 Å². The first kappa shape index (κ1) is 23.4. The molecule has 37 heavy (non-hydrogen) atoms. The van der Waals surface area contributed by atoms with Gasteiger partial charge in [0.2, 0.25) is 11.8 Å². The zero-order valence-electron chi connectivity index (χ0n) is 19.4. The second kappa shape index (κ2) is 8.57. The molecule has 1 aromatic heterocycles. The van der Waals surface area contributed by atoms with Gasteiger partial charge in [0.25, 0.3) is 0 Å². The summed E-state index contributed by atoms with van der Waals surface area (Å²) in [5.74, 6) is -4.60. The summed E-state index contributed by atoms with van der Waals surface area (Å²) in [4.78, 5) is 45.2. The van der Waals surface area contributed by atoms with Crippen LogP contribution in [0.2, 0.25) is 0 Å². The zero-order valence-corrected chi connectivity index (χ0v) is 21.0. The maximum Gasteiger partial charge on any atom is 0.325 e. The van der Waals surface area contributed by atoms with Gasteiger partial charge < -0.3 is 15.2 Å². The first-order valence-corrected chi connectivity index (χ1v) is 12.6. The predicted molar refractivity (Wildman–Crippen MR) is 140 cm³/mol. The second-order valence-corrected chi connectivity index (χ2v) is 10.4. The van der Waals surface area contributed by atoms with Crippen molar-refractivity contribution in [1.29, 1.82) is 0 Å². The summed E-state index contributed by atoms with van der Waals surface area (Å²) in [6.45, 7) is 0. The average Bonchev–Trinajstić information content (AvgIpc) is 3.53. The molecule has 0 aliphatic carbocycles. The molecule has 2 amide bonds. The molecular formula is C28H22BrN3O5. The molecule has 0 spiro atoms. The lowest BCUT2D eigenvalue weighted by atomic mass is 9.76. The molecule has 4 aromatic rings. The van der Waals surface area contributed by atoms with Gasteiger partial charge in [-0.2, -0.15) is 0 Å². The summed E-state index contributed by atoms with van der Waals surface area (Å²) in [6.07, 6.45) is 1.71. The molecule has 3 heterocycles. The number of phenols is 1. The number of aromatic hydroxyl groups is 1. The van der Waals surface area contributed by atoms with Crippen LogP contribution in [0.5, 0.6) is 5.75 Å². The number of rotatable bonds is 5. The summed E-state index contributed by atoms with van der Waals surface area (Å²) in [7, 11) is 0. The Kier molecular flexibility index (Phi) is 5.43. The van der Waals surface area contributed by atoms with Crippen molar-refractivity contribution in [3.05, 3.63) is 94.6 Å². The third kappa shape index (κ3) is 3.49. The fourth-order valence-electron chi connectivity index (χ4n) is 5.88. The van der Waals surface area contributed by atoms with Crippen molar-refractivity contribution in [1.82, 2.24) is 10.3 Å². The third-order valence-corrected chi connectivity index (χ3v) is 8.07. The first-order chi connectivity index (χ1) is 17.8. The van der Waals surface area contributed by atoms with Crippen LogP contribution in [-0.2, 0) is 20.8 Å². The number of halogens is 1. The molecule has 4 atom stereocenters. The molecule has 0 unspecified atom stereocenters. The molecule has 3 aromatic carbocycles. The van der Waals surface area contributed by atoms with Crippen molar-refractivity contribution < 1.29 is 24.6 Å². The lowest BCUT2D eigenvalue weighted by molar-refractivity contribution is -0.148. The van der Waals surface area contributed by atoms with E-state index in [0.717, 1.165) is 20.3 Å².